The highest BCUT2D eigenvalue weighted by Crippen LogP contribution is 2.29. The van der Waals surface area contributed by atoms with Gasteiger partial charge in [-0.25, -0.2) is 0 Å². The van der Waals surface area contributed by atoms with Crippen molar-refractivity contribution in [3.8, 4) is 0 Å². The van der Waals surface area contributed by atoms with Crippen LogP contribution in [-0.2, 0) is 0 Å². The van der Waals surface area contributed by atoms with Gasteiger partial charge in [-0.2, -0.15) is 0 Å². The van der Waals surface area contributed by atoms with Gasteiger partial charge in [0.2, 0.25) is 0 Å². The fourth-order valence-corrected chi connectivity index (χ4v) is 3.64. The number of benzene rings is 2. The van der Waals surface area contributed by atoms with E-state index in [9.17, 15) is 0 Å². The van der Waals surface area contributed by atoms with Crippen LogP contribution in [0.5, 0.6) is 0 Å². The summed E-state index contributed by atoms with van der Waals surface area (Å²) in [6.07, 6.45) is 1.80. The van der Waals surface area contributed by atoms with E-state index in [1.54, 1.807) is 6.20 Å². The summed E-state index contributed by atoms with van der Waals surface area (Å²) in [5.74, 6) is 0. The van der Waals surface area contributed by atoms with Crippen molar-refractivity contribution in [2.24, 2.45) is 5.73 Å². The van der Waals surface area contributed by atoms with E-state index in [0.29, 0.717) is 0 Å². The summed E-state index contributed by atoms with van der Waals surface area (Å²) in [5.41, 5.74) is 9.48. The second-order valence-corrected chi connectivity index (χ2v) is 6.43. The average molecular weight is 392 g/mol. The predicted octanol–water partition coefficient (Wildman–Crippen LogP) is 4.81. The molecule has 0 saturated heterocycles. The van der Waals surface area contributed by atoms with E-state index in [0.717, 1.165) is 31.0 Å². The lowest BCUT2D eigenvalue weighted by Gasteiger charge is -2.15. The Balaban J connectivity index is 2.15. The predicted molar refractivity (Wildman–Crippen MR) is 89.6 cm³/mol. The summed E-state index contributed by atoms with van der Waals surface area (Å²) < 4.78 is 2.01. The Morgan fingerprint density at radius 2 is 1.65 bits per heavy atom. The number of rotatable bonds is 2. The van der Waals surface area contributed by atoms with Crippen molar-refractivity contribution in [3.63, 3.8) is 0 Å². The maximum Gasteiger partial charge on any atom is 0.0753 e. The molecule has 100 valence electrons. The van der Waals surface area contributed by atoms with Crippen molar-refractivity contribution in [1.29, 1.82) is 0 Å². The lowest BCUT2D eigenvalue weighted by Crippen LogP contribution is -2.12. The Morgan fingerprint density at radius 1 is 0.950 bits per heavy atom. The van der Waals surface area contributed by atoms with Crippen molar-refractivity contribution in [3.05, 3.63) is 74.8 Å². The summed E-state index contributed by atoms with van der Waals surface area (Å²) in [6.45, 7) is 0. The zero-order chi connectivity index (χ0) is 14.1. The molecule has 20 heavy (non-hydrogen) atoms. The van der Waals surface area contributed by atoms with Gasteiger partial charge in [-0.3, -0.25) is 4.98 Å². The molecular formula is C16H12Br2N2. The van der Waals surface area contributed by atoms with Crippen LogP contribution in [0.2, 0.25) is 0 Å². The third-order valence-corrected chi connectivity index (χ3v) is 4.16. The molecule has 1 aromatic heterocycles. The molecule has 1 heterocycles. The van der Waals surface area contributed by atoms with Crippen LogP contribution in [0.4, 0.5) is 0 Å². The van der Waals surface area contributed by atoms with Crippen molar-refractivity contribution < 1.29 is 0 Å². The van der Waals surface area contributed by atoms with Crippen LogP contribution in [-0.4, -0.2) is 4.98 Å². The molecule has 1 unspecified atom stereocenters. The van der Waals surface area contributed by atoms with Gasteiger partial charge in [0.25, 0.3) is 0 Å². The van der Waals surface area contributed by atoms with Crippen LogP contribution < -0.4 is 5.73 Å². The van der Waals surface area contributed by atoms with Crippen molar-refractivity contribution in [2.45, 2.75) is 6.04 Å². The Hall–Kier alpha value is -1.23. The van der Waals surface area contributed by atoms with E-state index in [1.807, 2.05) is 36.4 Å². The fourth-order valence-electron chi connectivity index (χ4n) is 2.31. The number of nitrogens with two attached hydrogens (primary N) is 1. The zero-order valence-electron chi connectivity index (χ0n) is 10.6. The highest BCUT2D eigenvalue weighted by Gasteiger charge is 2.13. The van der Waals surface area contributed by atoms with Crippen LogP contribution in [0, 0.1) is 0 Å². The molecule has 4 heteroatoms. The molecule has 0 radical (unpaired) electrons. The maximum absolute atomic E-state index is 6.44. The van der Waals surface area contributed by atoms with Gasteiger partial charge in [0, 0.05) is 20.5 Å². The number of hydrogen-bond acceptors (Lipinski definition) is 2. The Bertz CT molecular complexity index is 746. The first-order chi connectivity index (χ1) is 9.65. The van der Waals surface area contributed by atoms with Gasteiger partial charge in [0.15, 0.2) is 0 Å². The summed E-state index contributed by atoms with van der Waals surface area (Å²) in [4.78, 5) is 4.47. The highest BCUT2D eigenvalue weighted by atomic mass is 79.9. The molecular weight excluding hydrogens is 380 g/mol. The molecule has 0 aliphatic rings. The summed E-state index contributed by atoms with van der Waals surface area (Å²) in [6, 6.07) is 16.0. The molecule has 0 bridgehead atoms. The summed E-state index contributed by atoms with van der Waals surface area (Å²) in [7, 11) is 0. The quantitative estimate of drug-likeness (QED) is 0.680. The minimum atomic E-state index is -0.206. The largest absolute Gasteiger partial charge is 0.320 e. The van der Waals surface area contributed by atoms with Gasteiger partial charge in [-0.05, 0) is 35.4 Å². The number of pyridine rings is 1. The van der Waals surface area contributed by atoms with Crippen LogP contribution in [0.3, 0.4) is 0 Å². The molecule has 0 saturated carbocycles. The molecule has 0 aliphatic heterocycles. The van der Waals surface area contributed by atoms with Gasteiger partial charge < -0.3 is 5.73 Å². The summed E-state index contributed by atoms with van der Waals surface area (Å²) >= 11 is 7.00. The molecule has 0 fully saturated rings. The van der Waals surface area contributed by atoms with Gasteiger partial charge in [-0.15, -0.1) is 0 Å². The van der Waals surface area contributed by atoms with Crippen molar-refractivity contribution in [2.75, 3.05) is 0 Å². The molecule has 2 aromatic carbocycles. The number of aromatic nitrogens is 1. The minimum Gasteiger partial charge on any atom is -0.320 e. The normalized spacial score (nSPS) is 12.6. The molecule has 2 N–H and O–H groups in total. The van der Waals surface area contributed by atoms with Gasteiger partial charge in [-0.1, -0.05) is 56.1 Å². The Kier molecular flexibility index (Phi) is 3.87. The van der Waals surface area contributed by atoms with E-state index < -0.39 is 0 Å². The standard InChI is InChI=1S/C16H12Br2N2/c17-12-7-11(8-13(18)9-12)15(19)14-5-1-3-10-4-2-6-20-16(10)14/h1-9,15H,19H2. The number of para-hydroxylation sites is 1. The number of halogens is 2. The van der Waals surface area contributed by atoms with Crippen molar-refractivity contribution >= 4 is 42.8 Å². The first-order valence-corrected chi connectivity index (χ1v) is 7.79. The fraction of sp³-hybridized carbons (Fsp3) is 0.0625. The minimum absolute atomic E-state index is 0.206. The first-order valence-electron chi connectivity index (χ1n) is 6.20. The Morgan fingerprint density at radius 3 is 2.40 bits per heavy atom. The molecule has 2 nitrogen and oxygen atoms in total. The van der Waals surface area contributed by atoms with Crippen LogP contribution in [0.25, 0.3) is 10.9 Å². The van der Waals surface area contributed by atoms with Gasteiger partial charge in [0.05, 0.1) is 11.6 Å². The van der Waals surface area contributed by atoms with E-state index in [2.05, 4.69) is 49.0 Å². The maximum atomic E-state index is 6.44. The first kappa shape index (κ1) is 13.7. The number of fused-ring (bicyclic) bond motifs is 1. The van der Waals surface area contributed by atoms with E-state index in [4.69, 9.17) is 5.73 Å². The Labute approximate surface area is 134 Å². The molecule has 0 spiro atoms. The lowest BCUT2D eigenvalue weighted by molar-refractivity contribution is 0.875. The molecule has 3 rings (SSSR count). The van der Waals surface area contributed by atoms with Gasteiger partial charge >= 0.3 is 0 Å². The van der Waals surface area contributed by atoms with E-state index in [1.165, 1.54) is 0 Å². The lowest BCUT2D eigenvalue weighted by atomic mass is 9.97. The second-order valence-electron chi connectivity index (χ2n) is 4.60. The van der Waals surface area contributed by atoms with Crippen LogP contribution in [0.15, 0.2) is 63.7 Å². The second kappa shape index (κ2) is 5.64. The van der Waals surface area contributed by atoms with E-state index in [-0.39, 0.29) is 6.04 Å². The zero-order valence-corrected chi connectivity index (χ0v) is 13.7. The SMILES string of the molecule is NC(c1cc(Br)cc(Br)c1)c1cccc2cccnc12. The summed E-state index contributed by atoms with van der Waals surface area (Å²) in [5, 5.41) is 1.11. The number of hydrogen-bond donors (Lipinski definition) is 1. The monoisotopic (exact) mass is 390 g/mol. The smallest absolute Gasteiger partial charge is 0.0753 e. The van der Waals surface area contributed by atoms with Gasteiger partial charge in [0.1, 0.15) is 0 Å². The van der Waals surface area contributed by atoms with Crippen molar-refractivity contribution in [1.82, 2.24) is 4.98 Å². The topological polar surface area (TPSA) is 38.9 Å². The molecule has 0 amide bonds. The highest BCUT2D eigenvalue weighted by molar-refractivity contribution is 9.11. The average Bonchev–Trinajstić information content (AvgIpc) is 2.45. The molecule has 1 atom stereocenters. The molecule has 3 aromatic rings. The van der Waals surface area contributed by atoms with Crippen LogP contribution >= 0.6 is 31.9 Å². The third kappa shape index (κ3) is 2.64. The van der Waals surface area contributed by atoms with Crippen LogP contribution in [0.1, 0.15) is 17.2 Å². The number of nitrogens with zero attached hydrogens (tertiary/aromatic N) is 1. The third-order valence-electron chi connectivity index (χ3n) is 3.24. The molecule has 0 aliphatic carbocycles. The van der Waals surface area contributed by atoms with E-state index >= 15 is 0 Å².